The number of carbonyl (C=O) groups excluding carboxylic acids is 1. The number of aromatic nitrogens is 1. The molecule has 120 valence electrons. The number of fused-ring (bicyclic) bond motifs is 3. The first-order valence-corrected chi connectivity index (χ1v) is 8.10. The molecule has 0 N–H and O–H groups in total. The highest BCUT2D eigenvalue weighted by Gasteiger charge is 2.20. The molecular weight excluding hydrogens is 288 g/mol. The van der Waals surface area contributed by atoms with E-state index in [1.807, 2.05) is 55.5 Å². The Balaban J connectivity index is 2.06. The van der Waals surface area contributed by atoms with Crippen LogP contribution in [0, 0.1) is 0 Å². The molecule has 4 heteroatoms. The van der Waals surface area contributed by atoms with E-state index in [-0.39, 0.29) is 12.3 Å². The summed E-state index contributed by atoms with van der Waals surface area (Å²) in [5.41, 5.74) is 1.76. The molecule has 0 aliphatic carbocycles. The fourth-order valence-corrected chi connectivity index (χ4v) is 3.13. The van der Waals surface area contributed by atoms with Gasteiger partial charge in [-0.2, -0.15) is 0 Å². The zero-order valence-electron chi connectivity index (χ0n) is 13.8. The van der Waals surface area contributed by atoms with Crippen molar-refractivity contribution < 1.29 is 9.53 Å². The number of para-hydroxylation sites is 2. The summed E-state index contributed by atoms with van der Waals surface area (Å²) in [5, 5.41) is 2.13. The van der Waals surface area contributed by atoms with Gasteiger partial charge in [-0.15, -0.1) is 0 Å². The smallest absolute Gasteiger partial charge is 0.420 e. The second kappa shape index (κ2) is 6.42. The van der Waals surface area contributed by atoms with Gasteiger partial charge in [-0.1, -0.05) is 50.2 Å². The van der Waals surface area contributed by atoms with Gasteiger partial charge in [0, 0.05) is 10.8 Å². The van der Waals surface area contributed by atoms with Crippen molar-refractivity contribution in [1.29, 1.82) is 0 Å². The molecule has 4 nitrogen and oxygen atoms in total. The molecule has 23 heavy (non-hydrogen) atoms. The highest BCUT2D eigenvalue weighted by atomic mass is 16.6. The summed E-state index contributed by atoms with van der Waals surface area (Å²) in [4.78, 5) is 14.9. The van der Waals surface area contributed by atoms with E-state index in [0.717, 1.165) is 34.9 Å². The number of benzene rings is 2. The predicted octanol–water partition coefficient (Wildman–Crippen LogP) is 4.47. The second-order valence-electron chi connectivity index (χ2n) is 5.57. The van der Waals surface area contributed by atoms with Gasteiger partial charge in [-0.3, -0.25) is 4.90 Å². The lowest BCUT2D eigenvalue weighted by molar-refractivity contribution is 0.00608. The Morgan fingerprint density at radius 3 is 1.96 bits per heavy atom. The summed E-state index contributed by atoms with van der Waals surface area (Å²) < 4.78 is 7.38. The van der Waals surface area contributed by atoms with E-state index in [1.165, 1.54) is 0 Å². The maximum Gasteiger partial charge on any atom is 0.420 e. The molecule has 0 amide bonds. The first-order valence-electron chi connectivity index (χ1n) is 8.10. The lowest BCUT2D eigenvalue weighted by Crippen LogP contribution is -2.37. The Hall–Kier alpha value is -2.33. The number of nitrogens with zero attached hydrogens (tertiary/aromatic N) is 2. The fraction of sp³-hybridized carbons (Fsp3) is 0.316. The fourth-order valence-electron chi connectivity index (χ4n) is 3.13. The molecule has 0 fully saturated rings. The van der Waals surface area contributed by atoms with Crippen molar-refractivity contribution in [3.05, 3.63) is 48.5 Å². The minimum atomic E-state index is -0.332. The second-order valence-corrected chi connectivity index (χ2v) is 5.57. The van der Waals surface area contributed by atoms with Gasteiger partial charge in [0.15, 0.2) is 6.23 Å². The molecule has 0 saturated carbocycles. The van der Waals surface area contributed by atoms with Gasteiger partial charge >= 0.3 is 6.09 Å². The van der Waals surface area contributed by atoms with Gasteiger partial charge in [-0.25, -0.2) is 9.36 Å². The van der Waals surface area contributed by atoms with Crippen molar-refractivity contribution in [3.63, 3.8) is 0 Å². The van der Waals surface area contributed by atoms with Crippen molar-refractivity contribution in [2.24, 2.45) is 0 Å². The van der Waals surface area contributed by atoms with Gasteiger partial charge in [0.05, 0.1) is 11.0 Å². The van der Waals surface area contributed by atoms with E-state index in [0.29, 0.717) is 0 Å². The Kier molecular flexibility index (Phi) is 4.35. The Morgan fingerprint density at radius 1 is 1.00 bits per heavy atom. The van der Waals surface area contributed by atoms with Crippen LogP contribution < -0.4 is 0 Å². The van der Waals surface area contributed by atoms with Crippen LogP contribution in [0.2, 0.25) is 0 Å². The van der Waals surface area contributed by atoms with E-state index in [1.54, 1.807) is 4.57 Å². The maximum absolute atomic E-state index is 12.8. The van der Waals surface area contributed by atoms with Crippen molar-refractivity contribution in [3.8, 4) is 0 Å². The monoisotopic (exact) mass is 310 g/mol. The van der Waals surface area contributed by atoms with Crippen LogP contribution in [0.3, 0.4) is 0 Å². The number of hydrogen-bond donors (Lipinski definition) is 0. The van der Waals surface area contributed by atoms with Crippen LogP contribution in [0.15, 0.2) is 48.5 Å². The zero-order valence-corrected chi connectivity index (χ0v) is 13.8. The van der Waals surface area contributed by atoms with Crippen LogP contribution in [-0.2, 0) is 4.74 Å². The van der Waals surface area contributed by atoms with Crippen LogP contribution in [0.25, 0.3) is 21.8 Å². The van der Waals surface area contributed by atoms with Crippen LogP contribution in [0.1, 0.15) is 20.8 Å². The summed E-state index contributed by atoms with van der Waals surface area (Å²) >= 11 is 0. The van der Waals surface area contributed by atoms with Crippen molar-refractivity contribution in [1.82, 2.24) is 9.47 Å². The van der Waals surface area contributed by atoms with Crippen LogP contribution in [-0.4, -0.2) is 34.9 Å². The standard InChI is InChI=1S/C19H22N2O2/c1-4-20(5-2)14(3)23-19(22)21-17-12-8-6-10-15(17)16-11-7-9-13-18(16)21/h6-14H,4-5H2,1-3H3. The summed E-state index contributed by atoms with van der Waals surface area (Å²) in [5.74, 6) is 0. The average Bonchev–Trinajstić information content (AvgIpc) is 2.90. The topological polar surface area (TPSA) is 34.5 Å². The van der Waals surface area contributed by atoms with Crippen LogP contribution >= 0.6 is 0 Å². The van der Waals surface area contributed by atoms with Gasteiger partial charge in [0.2, 0.25) is 0 Å². The first-order chi connectivity index (χ1) is 11.2. The largest absolute Gasteiger partial charge is 0.430 e. The zero-order chi connectivity index (χ0) is 16.4. The van der Waals surface area contributed by atoms with Gasteiger partial charge in [-0.05, 0) is 32.1 Å². The average molecular weight is 310 g/mol. The van der Waals surface area contributed by atoms with E-state index in [4.69, 9.17) is 4.74 Å². The number of hydrogen-bond acceptors (Lipinski definition) is 3. The third kappa shape index (κ3) is 2.70. The summed E-state index contributed by atoms with van der Waals surface area (Å²) in [7, 11) is 0. The number of ether oxygens (including phenoxy) is 1. The van der Waals surface area contributed by atoms with E-state index in [2.05, 4.69) is 18.7 Å². The van der Waals surface area contributed by atoms with E-state index in [9.17, 15) is 4.79 Å². The number of carbonyl (C=O) groups is 1. The molecule has 0 saturated heterocycles. The molecular formula is C19H22N2O2. The summed E-state index contributed by atoms with van der Waals surface area (Å²) in [6.07, 6.45) is -0.584. The summed E-state index contributed by atoms with van der Waals surface area (Å²) in [6, 6.07) is 15.9. The minimum Gasteiger partial charge on any atom is -0.430 e. The lowest BCUT2D eigenvalue weighted by Gasteiger charge is -2.26. The van der Waals surface area contributed by atoms with Crippen LogP contribution in [0.4, 0.5) is 4.79 Å². The maximum atomic E-state index is 12.8. The first kappa shape index (κ1) is 15.6. The summed E-state index contributed by atoms with van der Waals surface area (Å²) in [6.45, 7) is 7.73. The Labute approximate surface area is 136 Å². The van der Waals surface area contributed by atoms with Gasteiger partial charge in [0.25, 0.3) is 0 Å². The normalized spacial score (nSPS) is 12.9. The molecule has 0 aliphatic heterocycles. The van der Waals surface area contributed by atoms with Gasteiger partial charge < -0.3 is 4.74 Å². The van der Waals surface area contributed by atoms with Crippen LogP contribution in [0.5, 0.6) is 0 Å². The van der Waals surface area contributed by atoms with Gasteiger partial charge in [0.1, 0.15) is 0 Å². The number of rotatable bonds is 4. The molecule has 1 unspecified atom stereocenters. The highest BCUT2D eigenvalue weighted by Crippen LogP contribution is 2.29. The molecule has 1 heterocycles. The minimum absolute atomic E-state index is 0.252. The Bertz CT molecular complexity index is 780. The molecule has 1 atom stereocenters. The molecule has 0 spiro atoms. The van der Waals surface area contributed by atoms with E-state index >= 15 is 0 Å². The molecule has 2 aromatic carbocycles. The Morgan fingerprint density at radius 2 is 1.48 bits per heavy atom. The van der Waals surface area contributed by atoms with Crippen molar-refractivity contribution in [2.75, 3.05) is 13.1 Å². The molecule has 3 aromatic rings. The molecule has 0 radical (unpaired) electrons. The molecule has 0 aliphatic rings. The molecule has 0 bridgehead atoms. The third-order valence-corrected chi connectivity index (χ3v) is 4.36. The molecule has 1 aromatic heterocycles. The SMILES string of the molecule is CCN(CC)C(C)OC(=O)n1c2ccccc2c2ccccc21. The highest BCUT2D eigenvalue weighted by molar-refractivity contribution is 6.12. The van der Waals surface area contributed by atoms with Crippen molar-refractivity contribution in [2.45, 2.75) is 27.0 Å². The predicted molar refractivity (Wildman–Crippen MR) is 93.7 cm³/mol. The lowest BCUT2D eigenvalue weighted by atomic mass is 10.2. The third-order valence-electron chi connectivity index (χ3n) is 4.36. The van der Waals surface area contributed by atoms with E-state index < -0.39 is 0 Å². The quantitative estimate of drug-likeness (QED) is 0.667. The van der Waals surface area contributed by atoms with Crippen molar-refractivity contribution >= 4 is 27.9 Å². The molecule has 3 rings (SSSR count).